The number of carbonyl (C=O) groups is 1. The molecule has 0 N–H and O–H groups in total. The average molecular weight is 292 g/mol. The van der Waals surface area contributed by atoms with Gasteiger partial charge in [-0.2, -0.15) is 0 Å². The van der Waals surface area contributed by atoms with E-state index in [-0.39, 0.29) is 5.78 Å². The van der Waals surface area contributed by atoms with Crippen molar-refractivity contribution < 1.29 is 9.53 Å². The van der Waals surface area contributed by atoms with Crippen molar-refractivity contribution in [1.29, 1.82) is 0 Å². The van der Waals surface area contributed by atoms with Crippen molar-refractivity contribution in [3.63, 3.8) is 0 Å². The van der Waals surface area contributed by atoms with Crippen LogP contribution in [0.2, 0.25) is 5.02 Å². The molecule has 0 radical (unpaired) electrons. The Morgan fingerprint density at radius 3 is 2.80 bits per heavy atom. The third-order valence-corrected chi connectivity index (χ3v) is 2.89. The van der Waals surface area contributed by atoms with Crippen LogP contribution in [0.15, 0.2) is 18.2 Å². The first kappa shape index (κ1) is 12.5. The van der Waals surface area contributed by atoms with Gasteiger partial charge in [0.05, 0.1) is 12.1 Å². The summed E-state index contributed by atoms with van der Waals surface area (Å²) in [5, 5.41) is 1.28. The molecule has 0 saturated carbocycles. The number of Topliss-reactive ketones (excluding diaryl/α,β-unsaturated/α-hetero) is 1. The molecule has 1 rings (SSSR count). The fourth-order valence-electron chi connectivity index (χ4n) is 1.21. The summed E-state index contributed by atoms with van der Waals surface area (Å²) in [6.07, 6.45) is 1.33. The number of rotatable bonds is 5. The maximum absolute atomic E-state index is 11.7. The highest BCUT2D eigenvalue weighted by Gasteiger charge is 2.10. The van der Waals surface area contributed by atoms with Crippen molar-refractivity contribution in [2.75, 3.05) is 12.4 Å². The van der Waals surface area contributed by atoms with Gasteiger partial charge < -0.3 is 4.74 Å². The summed E-state index contributed by atoms with van der Waals surface area (Å²) in [6, 6.07) is 5.11. The van der Waals surface area contributed by atoms with E-state index in [1.54, 1.807) is 25.3 Å². The summed E-state index contributed by atoms with van der Waals surface area (Å²) in [5.41, 5.74) is 0.568. The van der Waals surface area contributed by atoms with Crippen LogP contribution in [0.3, 0.4) is 0 Å². The van der Waals surface area contributed by atoms with E-state index in [4.69, 9.17) is 16.3 Å². The number of ether oxygens (including phenoxy) is 1. The number of methoxy groups -OCH3 is 1. The molecular weight excluding hydrogens is 279 g/mol. The molecule has 0 bridgehead atoms. The van der Waals surface area contributed by atoms with E-state index < -0.39 is 0 Å². The van der Waals surface area contributed by atoms with Crippen molar-refractivity contribution in [3.05, 3.63) is 28.8 Å². The summed E-state index contributed by atoms with van der Waals surface area (Å²) in [6.45, 7) is 0. The van der Waals surface area contributed by atoms with Crippen LogP contribution in [-0.2, 0) is 0 Å². The smallest absolute Gasteiger partial charge is 0.164 e. The van der Waals surface area contributed by atoms with Gasteiger partial charge in [-0.3, -0.25) is 4.79 Å². The molecule has 15 heavy (non-hydrogen) atoms. The molecular formula is C11H12BrClO2. The zero-order valence-corrected chi connectivity index (χ0v) is 10.8. The Morgan fingerprint density at radius 1 is 1.53 bits per heavy atom. The van der Waals surface area contributed by atoms with E-state index in [0.717, 1.165) is 11.8 Å². The van der Waals surface area contributed by atoms with Gasteiger partial charge in [-0.1, -0.05) is 27.5 Å². The highest BCUT2D eigenvalue weighted by atomic mass is 79.9. The summed E-state index contributed by atoms with van der Waals surface area (Å²) >= 11 is 9.26. The predicted molar refractivity (Wildman–Crippen MR) is 65.4 cm³/mol. The second kappa shape index (κ2) is 6.13. The van der Waals surface area contributed by atoms with Crippen LogP contribution >= 0.6 is 27.5 Å². The molecule has 4 heteroatoms. The minimum absolute atomic E-state index is 0.0714. The first-order chi connectivity index (χ1) is 7.19. The van der Waals surface area contributed by atoms with Gasteiger partial charge in [0.25, 0.3) is 0 Å². The van der Waals surface area contributed by atoms with Gasteiger partial charge in [0.15, 0.2) is 5.78 Å². The molecule has 0 aromatic heterocycles. The Balaban J connectivity index is 2.81. The third kappa shape index (κ3) is 3.50. The number of halogens is 2. The van der Waals surface area contributed by atoms with Crippen LogP contribution in [0.5, 0.6) is 5.75 Å². The highest BCUT2D eigenvalue weighted by Crippen LogP contribution is 2.23. The number of carbonyl (C=O) groups excluding carboxylic acids is 1. The van der Waals surface area contributed by atoms with Gasteiger partial charge >= 0.3 is 0 Å². The lowest BCUT2D eigenvalue weighted by Gasteiger charge is -2.05. The van der Waals surface area contributed by atoms with E-state index in [2.05, 4.69) is 15.9 Å². The van der Waals surface area contributed by atoms with E-state index in [1.807, 2.05) is 0 Å². The number of hydrogen-bond acceptors (Lipinski definition) is 2. The number of ketones is 1. The van der Waals surface area contributed by atoms with Crippen molar-refractivity contribution in [2.45, 2.75) is 12.8 Å². The third-order valence-electron chi connectivity index (χ3n) is 2.01. The van der Waals surface area contributed by atoms with Crippen LogP contribution in [0.25, 0.3) is 0 Å². The molecule has 1 aromatic carbocycles. The van der Waals surface area contributed by atoms with Gasteiger partial charge in [0.1, 0.15) is 5.75 Å². The Bertz CT molecular complexity index is 352. The number of benzene rings is 1. The first-order valence-corrected chi connectivity index (χ1v) is 6.11. The normalized spacial score (nSPS) is 10.1. The Hall–Kier alpha value is -0.540. The van der Waals surface area contributed by atoms with Crippen molar-refractivity contribution in [2.24, 2.45) is 0 Å². The molecule has 2 nitrogen and oxygen atoms in total. The molecule has 0 fully saturated rings. The molecule has 82 valence electrons. The molecule has 0 aliphatic heterocycles. The van der Waals surface area contributed by atoms with Gasteiger partial charge in [0.2, 0.25) is 0 Å². The minimum atomic E-state index is 0.0714. The van der Waals surface area contributed by atoms with Crippen LogP contribution < -0.4 is 4.74 Å². The standard InChI is InChI=1S/C11H12BrClO2/c1-15-8-4-5-9(10(13)7-8)11(14)3-2-6-12/h4-5,7H,2-3,6H2,1H3. The largest absolute Gasteiger partial charge is 0.497 e. The van der Waals surface area contributed by atoms with Gasteiger partial charge in [-0.25, -0.2) is 0 Å². The Kier molecular flexibility index (Phi) is 5.12. The lowest BCUT2D eigenvalue weighted by atomic mass is 10.1. The lowest BCUT2D eigenvalue weighted by Crippen LogP contribution is -2.00. The second-order valence-corrected chi connectivity index (χ2v) is 4.26. The fraction of sp³-hybridized carbons (Fsp3) is 0.364. The van der Waals surface area contributed by atoms with E-state index in [9.17, 15) is 4.79 Å². The zero-order valence-electron chi connectivity index (χ0n) is 8.43. The van der Waals surface area contributed by atoms with Crippen LogP contribution in [0, 0.1) is 0 Å². The molecule has 0 aliphatic carbocycles. The SMILES string of the molecule is COc1ccc(C(=O)CCCBr)c(Cl)c1. The second-order valence-electron chi connectivity index (χ2n) is 3.06. The van der Waals surface area contributed by atoms with Crippen molar-refractivity contribution in [1.82, 2.24) is 0 Å². The molecule has 0 atom stereocenters. The number of alkyl halides is 1. The zero-order chi connectivity index (χ0) is 11.3. The molecule has 0 amide bonds. The van der Waals surface area contributed by atoms with E-state index >= 15 is 0 Å². The number of hydrogen-bond donors (Lipinski definition) is 0. The summed E-state index contributed by atoms with van der Waals surface area (Å²) in [7, 11) is 1.57. The molecule has 0 saturated heterocycles. The Morgan fingerprint density at radius 2 is 2.27 bits per heavy atom. The monoisotopic (exact) mass is 290 g/mol. The highest BCUT2D eigenvalue weighted by molar-refractivity contribution is 9.09. The summed E-state index contributed by atoms with van der Waals surface area (Å²) in [4.78, 5) is 11.7. The van der Waals surface area contributed by atoms with Crippen molar-refractivity contribution >= 4 is 33.3 Å². The topological polar surface area (TPSA) is 26.3 Å². The molecule has 0 aliphatic rings. The van der Waals surface area contributed by atoms with E-state index in [0.29, 0.717) is 22.8 Å². The van der Waals surface area contributed by atoms with Crippen LogP contribution in [-0.4, -0.2) is 18.2 Å². The van der Waals surface area contributed by atoms with Gasteiger partial charge in [-0.15, -0.1) is 0 Å². The average Bonchev–Trinajstić information content (AvgIpc) is 2.25. The van der Waals surface area contributed by atoms with Gasteiger partial charge in [0, 0.05) is 17.3 Å². The van der Waals surface area contributed by atoms with Crippen molar-refractivity contribution in [3.8, 4) is 5.75 Å². The maximum atomic E-state index is 11.7. The molecule has 1 aromatic rings. The summed E-state index contributed by atoms with van der Waals surface area (Å²) < 4.78 is 5.01. The minimum Gasteiger partial charge on any atom is -0.497 e. The van der Waals surface area contributed by atoms with Crippen LogP contribution in [0.4, 0.5) is 0 Å². The van der Waals surface area contributed by atoms with Gasteiger partial charge in [-0.05, 0) is 24.6 Å². The predicted octanol–water partition coefficient (Wildman–Crippen LogP) is 3.71. The molecule has 0 spiro atoms. The molecule has 0 heterocycles. The fourth-order valence-corrected chi connectivity index (χ4v) is 1.77. The quantitative estimate of drug-likeness (QED) is 0.611. The lowest BCUT2D eigenvalue weighted by molar-refractivity contribution is 0.0982. The maximum Gasteiger partial charge on any atom is 0.164 e. The Labute approximate surface area is 103 Å². The molecule has 0 unspecified atom stereocenters. The first-order valence-electron chi connectivity index (χ1n) is 4.61. The van der Waals surface area contributed by atoms with Crippen LogP contribution in [0.1, 0.15) is 23.2 Å². The summed E-state index contributed by atoms with van der Waals surface area (Å²) in [5.74, 6) is 0.735. The van der Waals surface area contributed by atoms with E-state index in [1.165, 1.54) is 0 Å².